The van der Waals surface area contributed by atoms with Gasteiger partial charge in [-0.05, 0) is 86.1 Å². The van der Waals surface area contributed by atoms with Gasteiger partial charge in [-0.2, -0.15) is 0 Å². The minimum absolute atomic E-state index is 0.140. The smallest absolute Gasteiger partial charge is 0.167 e. The number of benzene rings is 2. The zero-order chi connectivity index (χ0) is 21.7. The summed E-state index contributed by atoms with van der Waals surface area (Å²) in [7, 11) is 0. The minimum atomic E-state index is -0.431. The Hall–Kier alpha value is -3.41. The lowest BCUT2D eigenvalue weighted by Gasteiger charge is -2.28. The highest BCUT2D eigenvalue weighted by Gasteiger charge is 2.23. The van der Waals surface area contributed by atoms with Crippen LogP contribution in [0.2, 0.25) is 0 Å². The lowest BCUT2D eigenvalue weighted by atomic mass is 10.1. The molecule has 2 aromatic heterocycles. The number of piperidine rings is 1. The first kappa shape index (κ1) is 19.3. The monoisotopic (exact) mass is 427 g/mol. The number of nitrogens with zero attached hydrogens (tertiary/aromatic N) is 4. The van der Waals surface area contributed by atoms with Gasteiger partial charge in [0.05, 0.1) is 11.4 Å². The zero-order valence-corrected chi connectivity index (χ0v) is 18.0. The van der Waals surface area contributed by atoms with Crippen molar-refractivity contribution in [1.29, 1.82) is 0 Å². The lowest BCUT2D eigenvalue weighted by molar-refractivity contribution is 0.578. The first-order valence-electron chi connectivity index (χ1n) is 11.5. The normalized spacial score (nSPS) is 16.0. The van der Waals surface area contributed by atoms with Crippen molar-refractivity contribution in [2.75, 3.05) is 23.7 Å². The van der Waals surface area contributed by atoms with E-state index in [0.717, 1.165) is 48.5 Å². The molecule has 3 heterocycles. The lowest BCUT2D eigenvalue weighted by Crippen LogP contribution is -2.29. The molecule has 6 heteroatoms. The summed E-state index contributed by atoms with van der Waals surface area (Å²) in [5, 5.41) is 0. The summed E-state index contributed by atoms with van der Waals surface area (Å²) in [5.74, 6) is 0.257. The fourth-order valence-corrected chi connectivity index (χ4v) is 5.15. The standard InChI is InChI=1S/C26H26FN5/c27-21-16-19(8-10-22(21)28)25-30-24-23(31-13-2-1-3-14-31)11-12-29-26(24)32(25)20-9-7-17-5-4-6-18(17)15-20/h7-12,15-16H,1-6,13-14,28H2. The minimum Gasteiger partial charge on any atom is -0.396 e. The van der Waals surface area contributed by atoms with Gasteiger partial charge in [0.15, 0.2) is 5.65 Å². The number of hydrogen-bond acceptors (Lipinski definition) is 4. The van der Waals surface area contributed by atoms with Gasteiger partial charge in [0.25, 0.3) is 0 Å². The maximum atomic E-state index is 14.4. The number of pyridine rings is 1. The molecule has 2 N–H and O–H groups in total. The third-order valence-electron chi connectivity index (χ3n) is 6.82. The van der Waals surface area contributed by atoms with E-state index in [0.29, 0.717) is 11.4 Å². The molecule has 0 amide bonds. The second kappa shape index (κ2) is 7.62. The quantitative estimate of drug-likeness (QED) is 0.452. The molecule has 4 aromatic rings. The van der Waals surface area contributed by atoms with Crippen molar-refractivity contribution in [3.63, 3.8) is 0 Å². The predicted molar refractivity (Wildman–Crippen MR) is 127 cm³/mol. The summed E-state index contributed by atoms with van der Waals surface area (Å²) in [6, 6.07) is 13.6. The molecule has 1 aliphatic heterocycles. The van der Waals surface area contributed by atoms with Crippen molar-refractivity contribution < 1.29 is 4.39 Å². The molecular weight excluding hydrogens is 401 g/mol. The molecule has 1 aliphatic carbocycles. The third kappa shape index (κ3) is 3.13. The Kier molecular flexibility index (Phi) is 4.59. The number of anilines is 2. The predicted octanol–water partition coefficient (Wildman–Crippen LogP) is 5.29. The molecule has 6 rings (SSSR count). The van der Waals surface area contributed by atoms with Crippen LogP contribution in [0.4, 0.5) is 15.8 Å². The number of hydrogen-bond donors (Lipinski definition) is 1. The third-order valence-corrected chi connectivity index (χ3v) is 6.82. The van der Waals surface area contributed by atoms with E-state index in [4.69, 9.17) is 15.7 Å². The molecule has 0 atom stereocenters. The maximum absolute atomic E-state index is 14.4. The van der Waals surface area contributed by atoms with E-state index in [2.05, 4.69) is 33.7 Å². The van der Waals surface area contributed by atoms with Crippen molar-refractivity contribution >= 4 is 22.5 Å². The van der Waals surface area contributed by atoms with Crippen molar-refractivity contribution in [2.45, 2.75) is 38.5 Å². The van der Waals surface area contributed by atoms with Gasteiger partial charge in [0, 0.05) is 30.5 Å². The van der Waals surface area contributed by atoms with E-state index >= 15 is 0 Å². The summed E-state index contributed by atoms with van der Waals surface area (Å²) < 4.78 is 16.5. The average molecular weight is 428 g/mol. The Morgan fingerprint density at radius 1 is 0.875 bits per heavy atom. The van der Waals surface area contributed by atoms with Gasteiger partial charge in [-0.3, -0.25) is 4.57 Å². The van der Waals surface area contributed by atoms with Gasteiger partial charge in [-0.25, -0.2) is 14.4 Å². The second-order valence-corrected chi connectivity index (χ2v) is 8.86. The summed E-state index contributed by atoms with van der Waals surface area (Å²) in [6.07, 6.45) is 8.92. The molecule has 0 saturated carbocycles. The Morgan fingerprint density at radius 2 is 1.72 bits per heavy atom. The molecule has 0 radical (unpaired) electrons. The van der Waals surface area contributed by atoms with Crippen LogP contribution >= 0.6 is 0 Å². The van der Waals surface area contributed by atoms with Crippen LogP contribution in [0.25, 0.3) is 28.2 Å². The molecule has 1 fully saturated rings. The number of rotatable bonds is 3. The molecule has 32 heavy (non-hydrogen) atoms. The van der Waals surface area contributed by atoms with Crippen LogP contribution in [0, 0.1) is 5.82 Å². The zero-order valence-electron chi connectivity index (χ0n) is 18.0. The summed E-state index contributed by atoms with van der Waals surface area (Å²) in [5.41, 5.74) is 13.2. The molecule has 2 aromatic carbocycles. The van der Waals surface area contributed by atoms with E-state index in [1.807, 2.05) is 12.3 Å². The molecule has 2 aliphatic rings. The fraction of sp³-hybridized carbons (Fsp3) is 0.308. The van der Waals surface area contributed by atoms with Crippen molar-refractivity contribution in [1.82, 2.24) is 14.5 Å². The highest BCUT2D eigenvalue weighted by Crippen LogP contribution is 2.35. The summed E-state index contributed by atoms with van der Waals surface area (Å²) in [4.78, 5) is 12.2. The highest BCUT2D eigenvalue weighted by molar-refractivity contribution is 5.90. The van der Waals surface area contributed by atoms with E-state index in [1.165, 1.54) is 42.9 Å². The Bertz CT molecular complexity index is 1320. The largest absolute Gasteiger partial charge is 0.396 e. The average Bonchev–Trinajstić information content (AvgIpc) is 3.45. The van der Waals surface area contributed by atoms with Crippen LogP contribution in [-0.2, 0) is 12.8 Å². The number of aryl methyl sites for hydroxylation is 2. The molecule has 0 unspecified atom stereocenters. The van der Waals surface area contributed by atoms with Crippen LogP contribution < -0.4 is 10.6 Å². The Morgan fingerprint density at radius 3 is 2.56 bits per heavy atom. The van der Waals surface area contributed by atoms with Gasteiger partial charge < -0.3 is 10.6 Å². The van der Waals surface area contributed by atoms with Crippen LogP contribution in [0.3, 0.4) is 0 Å². The first-order valence-corrected chi connectivity index (χ1v) is 11.5. The molecular formula is C26H26FN5. The van der Waals surface area contributed by atoms with Gasteiger partial charge in [-0.1, -0.05) is 6.07 Å². The molecule has 0 spiro atoms. The fourth-order valence-electron chi connectivity index (χ4n) is 5.15. The Labute approximate surface area is 186 Å². The van der Waals surface area contributed by atoms with E-state index < -0.39 is 5.82 Å². The van der Waals surface area contributed by atoms with E-state index in [9.17, 15) is 4.39 Å². The van der Waals surface area contributed by atoms with E-state index in [-0.39, 0.29) is 5.69 Å². The summed E-state index contributed by atoms with van der Waals surface area (Å²) in [6.45, 7) is 2.05. The van der Waals surface area contributed by atoms with Crippen LogP contribution in [0.5, 0.6) is 0 Å². The summed E-state index contributed by atoms with van der Waals surface area (Å²) >= 11 is 0. The van der Waals surface area contributed by atoms with Crippen molar-refractivity contribution in [3.8, 4) is 17.1 Å². The van der Waals surface area contributed by atoms with Crippen LogP contribution in [0.1, 0.15) is 36.8 Å². The number of nitrogen functional groups attached to an aromatic ring is 1. The number of aromatic nitrogens is 3. The number of fused-ring (bicyclic) bond motifs is 2. The van der Waals surface area contributed by atoms with Gasteiger partial charge in [0.2, 0.25) is 0 Å². The highest BCUT2D eigenvalue weighted by atomic mass is 19.1. The van der Waals surface area contributed by atoms with Crippen LogP contribution in [0.15, 0.2) is 48.7 Å². The topological polar surface area (TPSA) is 60.0 Å². The molecule has 162 valence electrons. The molecule has 5 nitrogen and oxygen atoms in total. The van der Waals surface area contributed by atoms with E-state index in [1.54, 1.807) is 6.07 Å². The van der Waals surface area contributed by atoms with Crippen LogP contribution in [-0.4, -0.2) is 27.6 Å². The SMILES string of the molecule is Nc1ccc(-c2nc3c(N4CCCCC4)ccnc3n2-c2ccc3c(c2)CCC3)cc1F. The molecule has 1 saturated heterocycles. The van der Waals surface area contributed by atoms with Gasteiger partial charge >= 0.3 is 0 Å². The molecule has 0 bridgehead atoms. The maximum Gasteiger partial charge on any atom is 0.167 e. The van der Waals surface area contributed by atoms with Gasteiger partial charge in [0.1, 0.15) is 17.2 Å². The number of nitrogens with two attached hydrogens (primary N) is 1. The number of imidazole rings is 1. The van der Waals surface area contributed by atoms with Crippen molar-refractivity contribution in [2.24, 2.45) is 0 Å². The number of halogens is 1. The van der Waals surface area contributed by atoms with Crippen molar-refractivity contribution in [3.05, 3.63) is 65.6 Å². The second-order valence-electron chi connectivity index (χ2n) is 8.86. The Balaban J connectivity index is 1.60. The van der Waals surface area contributed by atoms with Gasteiger partial charge in [-0.15, -0.1) is 0 Å². The first-order chi connectivity index (χ1) is 15.7.